The summed E-state index contributed by atoms with van der Waals surface area (Å²) < 4.78 is 5.13. The summed E-state index contributed by atoms with van der Waals surface area (Å²) in [5.74, 6) is 0.0447. The van der Waals surface area contributed by atoms with Crippen LogP contribution in [0.2, 0.25) is 0 Å². The molecule has 19 heavy (non-hydrogen) atoms. The van der Waals surface area contributed by atoms with Gasteiger partial charge in [0.2, 0.25) is 0 Å². The number of nitrogens with two attached hydrogens (primary N) is 2. The molecular formula is C13H9N5O. The molecule has 92 valence electrons. The van der Waals surface area contributed by atoms with Crippen LogP contribution >= 0.6 is 0 Å². The summed E-state index contributed by atoms with van der Waals surface area (Å²) in [5.41, 5.74) is 13.6. The second-order valence-electron chi connectivity index (χ2n) is 3.97. The Balaban J connectivity index is 2.38. The van der Waals surface area contributed by atoms with Gasteiger partial charge < -0.3 is 16.0 Å². The SMILES string of the molecule is N#Cc1c(N)nc2onc(-c3ccccc3)c2c1N. The van der Waals surface area contributed by atoms with Gasteiger partial charge in [0.1, 0.15) is 23.1 Å². The van der Waals surface area contributed by atoms with Crippen molar-refractivity contribution >= 4 is 22.6 Å². The zero-order valence-electron chi connectivity index (χ0n) is 9.79. The Labute approximate surface area is 108 Å². The summed E-state index contributed by atoms with van der Waals surface area (Å²) in [6.45, 7) is 0. The van der Waals surface area contributed by atoms with Gasteiger partial charge in [0.25, 0.3) is 5.71 Å². The normalized spacial score (nSPS) is 10.5. The van der Waals surface area contributed by atoms with Gasteiger partial charge in [-0.3, -0.25) is 0 Å². The van der Waals surface area contributed by atoms with Crippen molar-refractivity contribution in [1.29, 1.82) is 5.26 Å². The highest BCUT2D eigenvalue weighted by Crippen LogP contribution is 2.34. The molecule has 2 heterocycles. The van der Waals surface area contributed by atoms with Crippen LogP contribution < -0.4 is 11.5 Å². The van der Waals surface area contributed by atoms with E-state index >= 15 is 0 Å². The lowest BCUT2D eigenvalue weighted by molar-refractivity contribution is 0.452. The number of benzene rings is 1. The van der Waals surface area contributed by atoms with Gasteiger partial charge in [-0.25, -0.2) is 0 Å². The molecule has 6 nitrogen and oxygen atoms in total. The number of nitriles is 1. The molecule has 0 atom stereocenters. The van der Waals surface area contributed by atoms with Crippen LogP contribution in [-0.2, 0) is 0 Å². The summed E-state index contributed by atoms with van der Waals surface area (Å²) in [6, 6.07) is 11.3. The average Bonchev–Trinajstić information content (AvgIpc) is 2.84. The molecule has 0 aliphatic heterocycles. The van der Waals surface area contributed by atoms with E-state index in [0.717, 1.165) is 5.56 Å². The van der Waals surface area contributed by atoms with E-state index in [4.69, 9.17) is 21.3 Å². The second kappa shape index (κ2) is 3.99. The molecule has 1 aromatic carbocycles. The van der Waals surface area contributed by atoms with Gasteiger partial charge in [-0.15, -0.1) is 0 Å². The molecule has 0 saturated heterocycles. The van der Waals surface area contributed by atoms with E-state index in [2.05, 4.69) is 10.1 Å². The number of rotatable bonds is 1. The molecule has 0 bridgehead atoms. The van der Waals surface area contributed by atoms with Crippen molar-refractivity contribution in [2.24, 2.45) is 0 Å². The van der Waals surface area contributed by atoms with Crippen molar-refractivity contribution in [3.63, 3.8) is 0 Å². The van der Waals surface area contributed by atoms with Crippen molar-refractivity contribution < 1.29 is 4.52 Å². The number of aromatic nitrogens is 2. The Hall–Kier alpha value is -3.07. The van der Waals surface area contributed by atoms with Crippen LogP contribution in [0.5, 0.6) is 0 Å². The summed E-state index contributed by atoms with van der Waals surface area (Å²) in [7, 11) is 0. The monoisotopic (exact) mass is 251 g/mol. The van der Waals surface area contributed by atoms with E-state index in [0.29, 0.717) is 11.1 Å². The van der Waals surface area contributed by atoms with Crippen molar-refractivity contribution in [1.82, 2.24) is 10.1 Å². The number of hydrogen-bond acceptors (Lipinski definition) is 6. The predicted molar refractivity (Wildman–Crippen MR) is 70.8 cm³/mol. The first-order valence-electron chi connectivity index (χ1n) is 5.52. The highest BCUT2D eigenvalue weighted by atomic mass is 16.5. The Morgan fingerprint density at radius 3 is 2.58 bits per heavy atom. The molecule has 4 N–H and O–H groups in total. The Kier molecular flexibility index (Phi) is 2.32. The standard InChI is InChI=1S/C13H9N5O/c14-6-8-10(15)9-11(7-4-2-1-3-5-7)18-19-13(9)17-12(8)16/h1-5H,(H4,15,16,17). The Morgan fingerprint density at radius 2 is 1.89 bits per heavy atom. The fourth-order valence-electron chi connectivity index (χ4n) is 1.94. The van der Waals surface area contributed by atoms with E-state index in [1.807, 2.05) is 36.4 Å². The molecule has 3 rings (SSSR count). The van der Waals surface area contributed by atoms with Crippen LogP contribution in [0.15, 0.2) is 34.9 Å². The smallest absolute Gasteiger partial charge is 0.262 e. The lowest BCUT2D eigenvalue weighted by Gasteiger charge is -2.02. The highest BCUT2D eigenvalue weighted by molar-refractivity contribution is 6.01. The number of hydrogen-bond donors (Lipinski definition) is 2. The lowest BCUT2D eigenvalue weighted by atomic mass is 10.1. The van der Waals surface area contributed by atoms with Crippen LogP contribution in [0.3, 0.4) is 0 Å². The molecule has 0 radical (unpaired) electrons. The largest absolute Gasteiger partial charge is 0.397 e. The van der Waals surface area contributed by atoms with E-state index in [-0.39, 0.29) is 22.8 Å². The van der Waals surface area contributed by atoms with E-state index < -0.39 is 0 Å². The molecule has 0 saturated carbocycles. The zero-order chi connectivity index (χ0) is 13.4. The predicted octanol–water partition coefficient (Wildman–Crippen LogP) is 1.93. The van der Waals surface area contributed by atoms with E-state index in [1.165, 1.54) is 0 Å². The Bertz CT molecular complexity index is 801. The molecule has 6 heteroatoms. The first-order chi connectivity index (χ1) is 9.22. The van der Waals surface area contributed by atoms with Crippen LogP contribution in [0.1, 0.15) is 5.56 Å². The van der Waals surface area contributed by atoms with Gasteiger partial charge in [-0.05, 0) is 0 Å². The topological polar surface area (TPSA) is 115 Å². The number of fused-ring (bicyclic) bond motifs is 1. The van der Waals surface area contributed by atoms with Gasteiger partial charge in [0, 0.05) is 5.56 Å². The summed E-state index contributed by atoms with van der Waals surface area (Å²) in [5, 5.41) is 13.5. The Morgan fingerprint density at radius 1 is 1.16 bits per heavy atom. The van der Waals surface area contributed by atoms with Crippen LogP contribution in [0.4, 0.5) is 11.5 Å². The lowest BCUT2D eigenvalue weighted by Crippen LogP contribution is -2.00. The molecule has 0 aliphatic carbocycles. The number of nitrogens with zero attached hydrogens (tertiary/aromatic N) is 3. The molecule has 2 aromatic heterocycles. The maximum absolute atomic E-state index is 9.06. The van der Waals surface area contributed by atoms with Crippen LogP contribution in [0.25, 0.3) is 22.4 Å². The zero-order valence-corrected chi connectivity index (χ0v) is 9.79. The highest BCUT2D eigenvalue weighted by Gasteiger charge is 2.19. The van der Waals surface area contributed by atoms with Gasteiger partial charge in [-0.2, -0.15) is 10.2 Å². The van der Waals surface area contributed by atoms with Crippen LogP contribution in [-0.4, -0.2) is 10.1 Å². The van der Waals surface area contributed by atoms with Crippen molar-refractivity contribution in [2.75, 3.05) is 11.5 Å². The third-order valence-corrected chi connectivity index (χ3v) is 2.85. The molecule has 0 fully saturated rings. The molecule has 0 unspecified atom stereocenters. The van der Waals surface area contributed by atoms with Gasteiger partial charge in [-0.1, -0.05) is 35.5 Å². The van der Waals surface area contributed by atoms with Crippen molar-refractivity contribution in [2.45, 2.75) is 0 Å². The molecule has 0 amide bonds. The maximum Gasteiger partial charge on any atom is 0.262 e. The molecular weight excluding hydrogens is 242 g/mol. The average molecular weight is 251 g/mol. The van der Waals surface area contributed by atoms with Gasteiger partial charge in [0.15, 0.2) is 0 Å². The molecule has 3 aromatic rings. The quantitative estimate of drug-likeness (QED) is 0.682. The molecule has 0 spiro atoms. The van der Waals surface area contributed by atoms with Crippen LogP contribution in [0, 0.1) is 11.3 Å². The summed E-state index contributed by atoms with van der Waals surface area (Å²) in [4.78, 5) is 4.00. The minimum Gasteiger partial charge on any atom is -0.397 e. The summed E-state index contributed by atoms with van der Waals surface area (Å²) >= 11 is 0. The minimum atomic E-state index is 0.0447. The fourth-order valence-corrected chi connectivity index (χ4v) is 1.94. The first kappa shape index (κ1) is 11.0. The molecule has 0 aliphatic rings. The van der Waals surface area contributed by atoms with Gasteiger partial charge in [0.05, 0.1) is 11.1 Å². The fraction of sp³-hybridized carbons (Fsp3) is 0. The number of anilines is 2. The number of pyridine rings is 1. The maximum atomic E-state index is 9.06. The van der Waals surface area contributed by atoms with Crippen molar-refractivity contribution in [3.8, 4) is 17.3 Å². The van der Waals surface area contributed by atoms with Crippen molar-refractivity contribution in [3.05, 3.63) is 35.9 Å². The van der Waals surface area contributed by atoms with E-state index in [9.17, 15) is 0 Å². The van der Waals surface area contributed by atoms with E-state index in [1.54, 1.807) is 0 Å². The third-order valence-electron chi connectivity index (χ3n) is 2.85. The second-order valence-corrected chi connectivity index (χ2v) is 3.97. The first-order valence-corrected chi connectivity index (χ1v) is 5.52. The minimum absolute atomic E-state index is 0.0447. The van der Waals surface area contributed by atoms with Gasteiger partial charge >= 0.3 is 0 Å². The number of nitrogen functional groups attached to an aromatic ring is 2. The summed E-state index contributed by atoms with van der Waals surface area (Å²) in [6.07, 6.45) is 0. The third kappa shape index (κ3) is 1.57.